The molecule has 94 valence electrons. The SMILES string of the molecule is CCCc1nc(Br)c2n1CCC(C(=O)OC)C2. The van der Waals surface area contributed by atoms with E-state index in [2.05, 4.69) is 32.4 Å². The fourth-order valence-corrected chi connectivity index (χ4v) is 2.95. The van der Waals surface area contributed by atoms with Crippen molar-refractivity contribution in [3.05, 3.63) is 16.1 Å². The summed E-state index contributed by atoms with van der Waals surface area (Å²) in [4.78, 5) is 16.1. The Morgan fingerprint density at radius 1 is 1.65 bits per heavy atom. The maximum Gasteiger partial charge on any atom is 0.309 e. The van der Waals surface area contributed by atoms with Crippen LogP contribution < -0.4 is 0 Å². The fraction of sp³-hybridized carbons (Fsp3) is 0.667. The van der Waals surface area contributed by atoms with E-state index in [0.29, 0.717) is 0 Å². The summed E-state index contributed by atoms with van der Waals surface area (Å²) in [6.45, 7) is 3.01. The van der Waals surface area contributed by atoms with Crippen molar-refractivity contribution in [1.82, 2.24) is 9.55 Å². The second-order valence-corrected chi connectivity index (χ2v) is 5.13. The molecular formula is C12H17BrN2O2. The Bertz CT molecular complexity index is 428. The van der Waals surface area contributed by atoms with Gasteiger partial charge in [0.05, 0.1) is 18.7 Å². The molecule has 0 N–H and O–H groups in total. The van der Waals surface area contributed by atoms with Gasteiger partial charge in [0.2, 0.25) is 0 Å². The summed E-state index contributed by atoms with van der Waals surface area (Å²) in [5.74, 6) is 0.994. The van der Waals surface area contributed by atoms with E-state index in [9.17, 15) is 4.79 Å². The van der Waals surface area contributed by atoms with Crippen molar-refractivity contribution in [1.29, 1.82) is 0 Å². The van der Waals surface area contributed by atoms with Crippen molar-refractivity contribution in [2.24, 2.45) is 5.92 Å². The summed E-state index contributed by atoms with van der Waals surface area (Å²) in [5, 5.41) is 0. The zero-order chi connectivity index (χ0) is 12.4. The van der Waals surface area contributed by atoms with Crippen molar-refractivity contribution < 1.29 is 9.53 Å². The highest BCUT2D eigenvalue weighted by molar-refractivity contribution is 9.10. The average molecular weight is 301 g/mol. The number of aryl methyl sites for hydroxylation is 1. The number of imidazole rings is 1. The zero-order valence-electron chi connectivity index (χ0n) is 10.2. The molecular weight excluding hydrogens is 284 g/mol. The van der Waals surface area contributed by atoms with Crippen LogP contribution in [0.3, 0.4) is 0 Å². The molecule has 0 radical (unpaired) electrons. The Hall–Kier alpha value is -0.840. The molecule has 0 spiro atoms. The van der Waals surface area contributed by atoms with Crippen LogP contribution in [0.25, 0.3) is 0 Å². The molecule has 0 saturated carbocycles. The van der Waals surface area contributed by atoms with E-state index in [1.54, 1.807) is 0 Å². The highest BCUT2D eigenvalue weighted by Gasteiger charge is 2.29. The first kappa shape index (κ1) is 12.6. The summed E-state index contributed by atoms with van der Waals surface area (Å²) in [5.41, 5.74) is 1.13. The van der Waals surface area contributed by atoms with Gasteiger partial charge in [-0.25, -0.2) is 4.98 Å². The summed E-state index contributed by atoms with van der Waals surface area (Å²) >= 11 is 3.49. The first-order valence-corrected chi connectivity index (χ1v) is 6.78. The molecule has 2 heterocycles. The van der Waals surface area contributed by atoms with E-state index in [1.807, 2.05) is 0 Å². The highest BCUT2D eigenvalue weighted by atomic mass is 79.9. The van der Waals surface area contributed by atoms with Gasteiger partial charge in [0.25, 0.3) is 0 Å². The average Bonchev–Trinajstić information content (AvgIpc) is 2.65. The third-order valence-electron chi connectivity index (χ3n) is 3.25. The van der Waals surface area contributed by atoms with Crippen molar-refractivity contribution >= 4 is 21.9 Å². The lowest BCUT2D eigenvalue weighted by atomic mass is 9.96. The number of carbonyl (C=O) groups is 1. The number of esters is 1. The van der Waals surface area contributed by atoms with Crippen LogP contribution in [0.15, 0.2) is 4.60 Å². The van der Waals surface area contributed by atoms with Gasteiger partial charge >= 0.3 is 5.97 Å². The van der Waals surface area contributed by atoms with Gasteiger partial charge < -0.3 is 9.30 Å². The first-order chi connectivity index (χ1) is 8.17. The van der Waals surface area contributed by atoms with Crippen LogP contribution in [-0.4, -0.2) is 22.6 Å². The Kier molecular flexibility index (Phi) is 3.86. The molecule has 0 saturated heterocycles. The standard InChI is InChI=1S/C12H17BrN2O2/c1-3-4-10-14-11(13)9-7-8(12(16)17-2)5-6-15(9)10/h8H,3-7H2,1-2H3. The molecule has 5 heteroatoms. The molecule has 1 unspecified atom stereocenters. The smallest absolute Gasteiger partial charge is 0.309 e. The molecule has 4 nitrogen and oxygen atoms in total. The van der Waals surface area contributed by atoms with Crippen LogP contribution in [0.4, 0.5) is 0 Å². The van der Waals surface area contributed by atoms with Crippen molar-refractivity contribution in [2.75, 3.05) is 7.11 Å². The van der Waals surface area contributed by atoms with E-state index < -0.39 is 0 Å². The van der Waals surface area contributed by atoms with Crippen LogP contribution in [0.1, 0.15) is 31.3 Å². The molecule has 1 aromatic rings. The molecule has 1 atom stereocenters. The highest BCUT2D eigenvalue weighted by Crippen LogP contribution is 2.29. The minimum Gasteiger partial charge on any atom is -0.469 e. The van der Waals surface area contributed by atoms with Crippen LogP contribution in [0, 0.1) is 5.92 Å². The Morgan fingerprint density at radius 2 is 2.41 bits per heavy atom. The third kappa shape index (κ3) is 2.39. The fourth-order valence-electron chi connectivity index (χ4n) is 2.37. The van der Waals surface area contributed by atoms with Crippen LogP contribution in [0.5, 0.6) is 0 Å². The number of rotatable bonds is 3. The summed E-state index contributed by atoms with van der Waals surface area (Å²) < 4.78 is 7.94. The van der Waals surface area contributed by atoms with Gasteiger partial charge in [-0.1, -0.05) is 6.92 Å². The van der Waals surface area contributed by atoms with Crippen LogP contribution >= 0.6 is 15.9 Å². The van der Waals surface area contributed by atoms with Crippen molar-refractivity contribution in [2.45, 2.75) is 39.2 Å². The number of fused-ring (bicyclic) bond motifs is 1. The van der Waals surface area contributed by atoms with E-state index in [4.69, 9.17) is 4.74 Å². The molecule has 2 rings (SSSR count). The monoisotopic (exact) mass is 300 g/mol. The molecule has 1 aromatic heterocycles. The third-order valence-corrected chi connectivity index (χ3v) is 3.89. The Morgan fingerprint density at radius 3 is 3.06 bits per heavy atom. The van der Waals surface area contributed by atoms with Gasteiger partial charge in [-0.2, -0.15) is 0 Å². The number of halogens is 1. The maximum absolute atomic E-state index is 11.6. The van der Waals surface area contributed by atoms with Gasteiger partial charge in [-0.3, -0.25) is 4.79 Å². The van der Waals surface area contributed by atoms with Crippen molar-refractivity contribution in [3.8, 4) is 0 Å². The van der Waals surface area contributed by atoms with Gasteiger partial charge in [0.1, 0.15) is 10.4 Å². The van der Waals surface area contributed by atoms with Gasteiger partial charge in [-0.15, -0.1) is 0 Å². The molecule has 0 aromatic carbocycles. The number of aromatic nitrogens is 2. The van der Waals surface area contributed by atoms with Crippen LogP contribution in [-0.2, 0) is 28.9 Å². The molecule has 0 aliphatic carbocycles. The molecule has 17 heavy (non-hydrogen) atoms. The largest absolute Gasteiger partial charge is 0.469 e. The molecule has 0 bridgehead atoms. The Balaban J connectivity index is 2.23. The maximum atomic E-state index is 11.6. The van der Waals surface area contributed by atoms with E-state index in [-0.39, 0.29) is 11.9 Å². The van der Waals surface area contributed by atoms with Gasteiger partial charge in [-0.05, 0) is 28.8 Å². The quantitative estimate of drug-likeness (QED) is 0.805. The lowest BCUT2D eigenvalue weighted by Crippen LogP contribution is -2.27. The van der Waals surface area contributed by atoms with Crippen molar-refractivity contribution in [3.63, 3.8) is 0 Å². The second kappa shape index (κ2) is 5.21. The number of nitrogens with zero attached hydrogens (tertiary/aromatic N) is 2. The Labute approximate surface area is 109 Å². The van der Waals surface area contributed by atoms with E-state index in [0.717, 1.165) is 48.3 Å². The number of methoxy groups -OCH3 is 1. The van der Waals surface area contributed by atoms with E-state index >= 15 is 0 Å². The first-order valence-electron chi connectivity index (χ1n) is 5.99. The lowest BCUT2D eigenvalue weighted by Gasteiger charge is -2.23. The molecule has 0 amide bonds. The number of hydrogen-bond donors (Lipinski definition) is 0. The predicted molar refractivity (Wildman–Crippen MR) is 67.7 cm³/mol. The molecule has 1 aliphatic rings. The normalized spacial score (nSPS) is 18.9. The number of hydrogen-bond acceptors (Lipinski definition) is 3. The minimum absolute atomic E-state index is 0.0185. The number of carbonyl (C=O) groups excluding carboxylic acids is 1. The summed E-state index contributed by atoms with van der Waals surface area (Å²) in [6.07, 6.45) is 3.65. The van der Waals surface area contributed by atoms with Crippen LogP contribution in [0.2, 0.25) is 0 Å². The van der Waals surface area contributed by atoms with Gasteiger partial charge in [0.15, 0.2) is 0 Å². The minimum atomic E-state index is -0.110. The van der Waals surface area contributed by atoms with Gasteiger partial charge in [0, 0.05) is 19.4 Å². The molecule has 1 aliphatic heterocycles. The molecule has 0 fully saturated rings. The zero-order valence-corrected chi connectivity index (χ0v) is 11.8. The topological polar surface area (TPSA) is 44.1 Å². The summed E-state index contributed by atoms with van der Waals surface area (Å²) in [7, 11) is 1.45. The predicted octanol–water partition coefficient (Wildman–Crippen LogP) is 2.33. The second-order valence-electron chi connectivity index (χ2n) is 4.38. The number of ether oxygens (including phenoxy) is 1. The van der Waals surface area contributed by atoms with E-state index in [1.165, 1.54) is 7.11 Å². The summed E-state index contributed by atoms with van der Waals surface area (Å²) in [6, 6.07) is 0. The lowest BCUT2D eigenvalue weighted by molar-refractivity contribution is -0.146.